The molecule has 0 aliphatic heterocycles. The van der Waals surface area contributed by atoms with E-state index in [-0.39, 0.29) is 23.4 Å². The number of carbonyl (C=O) groups excluding carboxylic acids is 1. The molecule has 0 atom stereocenters. The van der Waals surface area contributed by atoms with Crippen LogP contribution in [0, 0.1) is 11.8 Å². The quantitative estimate of drug-likeness (QED) is 0.651. The molecular formula is C18H12F5NO2. The molecule has 0 aromatic heterocycles. The maximum Gasteiger partial charge on any atom is 0.416 e. The van der Waals surface area contributed by atoms with E-state index in [1.54, 1.807) is 0 Å². The van der Waals surface area contributed by atoms with Crippen molar-refractivity contribution in [2.75, 3.05) is 6.54 Å². The zero-order valence-corrected chi connectivity index (χ0v) is 13.1. The highest BCUT2D eigenvalue weighted by Crippen LogP contribution is 2.29. The number of nitrogens with one attached hydrogen (secondary N) is 1. The van der Waals surface area contributed by atoms with Gasteiger partial charge in [-0.25, -0.2) is 0 Å². The first-order valence-electron chi connectivity index (χ1n) is 7.25. The minimum absolute atomic E-state index is 0.103. The Morgan fingerprint density at radius 3 is 2.54 bits per heavy atom. The molecule has 0 saturated heterocycles. The SMILES string of the molecule is O=C(NCC#Cc1cccc(C(F)(F)F)c1)c1ccccc1OC(F)F. The fraction of sp³-hybridized carbons (Fsp3) is 0.167. The first-order valence-corrected chi connectivity index (χ1v) is 7.25. The van der Waals surface area contributed by atoms with Gasteiger partial charge >= 0.3 is 12.8 Å². The van der Waals surface area contributed by atoms with Crippen molar-refractivity contribution < 1.29 is 31.5 Å². The van der Waals surface area contributed by atoms with E-state index in [9.17, 15) is 26.7 Å². The van der Waals surface area contributed by atoms with E-state index >= 15 is 0 Å². The van der Waals surface area contributed by atoms with E-state index in [1.165, 1.54) is 36.4 Å². The molecular weight excluding hydrogens is 357 g/mol. The maximum absolute atomic E-state index is 12.6. The number of amides is 1. The Bertz CT molecular complexity index is 837. The Morgan fingerprint density at radius 1 is 1.12 bits per heavy atom. The summed E-state index contributed by atoms with van der Waals surface area (Å²) in [7, 11) is 0. The van der Waals surface area contributed by atoms with Gasteiger partial charge in [-0.05, 0) is 30.3 Å². The average Bonchev–Trinajstić information content (AvgIpc) is 2.58. The Labute approximate surface area is 145 Å². The lowest BCUT2D eigenvalue weighted by molar-refractivity contribution is -0.137. The zero-order chi connectivity index (χ0) is 19.2. The van der Waals surface area contributed by atoms with Crippen LogP contribution in [0.4, 0.5) is 22.0 Å². The summed E-state index contributed by atoms with van der Waals surface area (Å²) in [6.07, 6.45) is -4.47. The van der Waals surface area contributed by atoms with E-state index in [4.69, 9.17) is 0 Å². The van der Waals surface area contributed by atoms with E-state index in [0.717, 1.165) is 12.1 Å². The zero-order valence-electron chi connectivity index (χ0n) is 13.1. The lowest BCUT2D eigenvalue weighted by atomic mass is 10.1. The first kappa shape index (κ1) is 19.2. The van der Waals surface area contributed by atoms with E-state index < -0.39 is 24.3 Å². The predicted octanol–water partition coefficient (Wildman–Crippen LogP) is 4.09. The van der Waals surface area contributed by atoms with Crippen molar-refractivity contribution in [3.63, 3.8) is 0 Å². The van der Waals surface area contributed by atoms with Gasteiger partial charge in [-0.2, -0.15) is 22.0 Å². The standard InChI is InChI=1S/C18H12F5NO2/c19-17(20)26-15-9-2-1-8-14(15)16(25)24-10-4-6-12-5-3-7-13(11-12)18(21,22)23/h1-3,5,7-9,11,17H,10H2,(H,24,25). The largest absolute Gasteiger partial charge is 0.434 e. The molecule has 0 saturated carbocycles. The van der Waals surface area contributed by atoms with Crippen LogP contribution >= 0.6 is 0 Å². The van der Waals surface area contributed by atoms with Crippen molar-refractivity contribution in [1.29, 1.82) is 0 Å². The molecule has 26 heavy (non-hydrogen) atoms. The van der Waals surface area contributed by atoms with Crippen LogP contribution < -0.4 is 10.1 Å². The second kappa shape index (κ2) is 8.34. The molecule has 3 nitrogen and oxygen atoms in total. The highest BCUT2D eigenvalue weighted by Gasteiger charge is 2.30. The highest BCUT2D eigenvalue weighted by atomic mass is 19.4. The number of alkyl halides is 5. The number of carbonyl (C=O) groups is 1. The number of hydrogen-bond donors (Lipinski definition) is 1. The topological polar surface area (TPSA) is 38.3 Å². The summed E-state index contributed by atoms with van der Waals surface area (Å²) in [4.78, 5) is 12.0. The fourth-order valence-corrected chi connectivity index (χ4v) is 1.99. The number of halogens is 5. The van der Waals surface area contributed by atoms with Crippen LogP contribution in [-0.4, -0.2) is 19.1 Å². The van der Waals surface area contributed by atoms with Gasteiger partial charge in [0.25, 0.3) is 5.91 Å². The molecule has 0 unspecified atom stereocenters. The minimum Gasteiger partial charge on any atom is -0.434 e. The molecule has 0 heterocycles. The van der Waals surface area contributed by atoms with E-state index in [0.29, 0.717) is 0 Å². The summed E-state index contributed by atoms with van der Waals surface area (Å²) in [6.45, 7) is -3.26. The van der Waals surface area contributed by atoms with Gasteiger partial charge in [0, 0.05) is 5.56 Å². The molecule has 0 bridgehead atoms. The normalized spacial score (nSPS) is 10.8. The lowest BCUT2D eigenvalue weighted by Gasteiger charge is -2.09. The molecule has 0 fully saturated rings. The van der Waals surface area contributed by atoms with Gasteiger partial charge in [-0.1, -0.05) is 30.0 Å². The molecule has 0 spiro atoms. The highest BCUT2D eigenvalue weighted by molar-refractivity contribution is 5.97. The summed E-state index contributed by atoms with van der Waals surface area (Å²) in [6, 6.07) is 9.86. The van der Waals surface area contributed by atoms with Crippen LogP contribution in [0.5, 0.6) is 5.75 Å². The van der Waals surface area contributed by atoms with Gasteiger partial charge in [0.15, 0.2) is 0 Å². The van der Waals surface area contributed by atoms with E-state index in [1.807, 2.05) is 0 Å². The molecule has 0 aliphatic rings. The number of para-hydroxylation sites is 1. The average molecular weight is 369 g/mol. The molecule has 2 rings (SSSR count). The van der Waals surface area contributed by atoms with Gasteiger partial charge in [0.1, 0.15) is 5.75 Å². The number of rotatable bonds is 4. The number of hydrogen-bond acceptors (Lipinski definition) is 2. The monoisotopic (exact) mass is 369 g/mol. The number of benzene rings is 2. The van der Waals surface area contributed by atoms with Gasteiger partial charge in [0.2, 0.25) is 0 Å². The van der Waals surface area contributed by atoms with Crippen molar-refractivity contribution in [2.24, 2.45) is 0 Å². The molecule has 1 amide bonds. The van der Waals surface area contributed by atoms with Crippen molar-refractivity contribution in [3.05, 3.63) is 65.2 Å². The van der Waals surface area contributed by atoms with Crippen LogP contribution in [0.25, 0.3) is 0 Å². The first-order chi connectivity index (χ1) is 12.3. The van der Waals surface area contributed by atoms with Gasteiger partial charge in [-0.3, -0.25) is 4.79 Å². The Hall–Kier alpha value is -3.08. The molecule has 2 aromatic carbocycles. The van der Waals surface area contributed by atoms with Gasteiger partial charge in [0.05, 0.1) is 17.7 Å². The molecule has 0 aliphatic carbocycles. The maximum atomic E-state index is 12.6. The molecule has 1 N–H and O–H groups in total. The van der Waals surface area contributed by atoms with Crippen LogP contribution in [0.2, 0.25) is 0 Å². The van der Waals surface area contributed by atoms with Crippen molar-refractivity contribution >= 4 is 5.91 Å². The van der Waals surface area contributed by atoms with Crippen LogP contribution in [0.1, 0.15) is 21.5 Å². The Morgan fingerprint density at radius 2 is 1.85 bits per heavy atom. The second-order valence-corrected chi connectivity index (χ2v) is 4.94. The Kier molecular flexibility index (Phi) is 6.17. The molecule has 2 aromatic rings. The lowest BCUT2D eigenvalue weighted by Crippen LogP contribution is -2.24. The third-order valence-electron chi connectivity index (χ3n) is 3.11. The van der Waals surface area contributed by atoms with Crippen molar-refractivity contribution in [2.45, 2.75) is 12.8 Å². The van der Waals surface area contributed by atoms with Crippen LogP contribution in [-0.2, 0) is 6.18 Å². The van der Waals surface area contributed by atoms with Crippen LogP contribution in [0.15, 0.2) is 48.5 Å². The van der Waals surface area contributed by atoms with Crippen LogP contribution in [0.3, 0.4) is 0 Å². The smallest absolute Gasteiger partial charge is 0.416 e. The summed E-state index contributed by atoms with van der Waals surface area (Å²) >= 11 is 0. The predicted molar refractivity (Wildman–Crippen MR) is 83.7 cm³/mol. The second-order valence-electron chi connectivity index (χ2n) is 4.94. The van der Waals surface area contributed by atoms with E-state index in [2.05, 4.69) is 21.9 Å². The third-order valence-corrected chi connectivity index (χ3v) is 3.11. The minimum atomic E-state index is -4.47. The summed E-state index contributed by atoms with van der Waals surface area (Å²) in [5.41, 5.74) is -0.796. The van der Waals surface area contributed by atoms with Crippen molar-refractivity contribution in [3.8, 4) is 17.6 Å². The molecule has 0 radical (unpaired) electrons. The summed E-state index contributed by atoms with van der Waals surface area (Å²) in [5, 5.41) is 2.37. The summed E-state index contributed by atoms with van der Waals surface area (Å²) < 4.78 is 66.7. The summed E-state index contributed by atoms with van der Waals surface area (Å²) in [5.74, 6) is 4.02. The van der Waals surface area contributed by atoms with Gasteiger partial charge < -0.3 is 10.1 Å². The molecule has 136 valence electrons. The number of ether oxygens (including phenoxy) is 1. The fourth-order valence-electron chi connectivity index (χ4n) is 1.99. The molecule has 8 heteroatoms. The Balaban J connectivity index is 2.01. The van der Waals surface area contributed by atoms with Gasteiger partial charge in [-0.15, -0.1) is 0 Å². The third kappa shape index (κ3) is 5.48. The van der Waals surface area contributed by atoms with Crippen molar-refractivity contribution in [1.82, 2.24) is 5.32 Å².